The van der Waals surface area contributed by atoms with Crippen LogP contribution >= 0.6 is 0 Å². The second kappa shape index (κ2) is 27.9. The highest BCUT2D eigenvalue weighted by molar-refractivity contribution is 4.67. The highest BCUT2D eigenvalue weighted by Gasteiger charge is 2.06. The van der Waals surface area contributed by atoms with Gasteiger partial charge in [0.2, 0.25) is 12.7 Å². The maximum absolute atomic E-state index is 5.96. The Hall–Kier alpha value is -1.62. The molecule has 0 aromatic carbocycles. The molecule has 0 N–H and O–H groups in total. The topological polar surface area (TPSA) is 26.8 Å². The number of nitrogens with zero attached hydrogens (tertiary/aromatic N) is 4. The lowest BCUT2D eigenvalue weighted by molar-refractivity contribution is -0.697. The van der Waals surface area contributed by atoms with E-state index in [0.29, 0.717) is 0 Å². The standard InChI is InChI=1S/C38H72N4O/c1-3-5-7-9-11-13-15-17-19-21-23-25-27-39-29-31-41(37-39)33-35-43-36-34-42-32-30-40(38-42)28-26-24-22-20-18-16-14-12-10-8-6-4-2/h29-32,37-38H,3-28,33-36H2,1-2H3/q+2. The van der Waals surface area contributed by atoms with Crippen LogP contribution < -0.4 is 9.13 Å². The van der Waals surface area contributed by atoms with Crippen LogP contribution in [0.3, 0.4) is 0 Å². The van der Waals surface area contributed by atoms with Gasteiger partial charge in [-0.15, -0.1) is 0 Å². The van der Waals surface area contributed by atoms with E-state index in [1.54, 1.807) is 0 Å². The summed E-state index contributed by atoms with van der Waals surface area (Å²) in [6.07, 6.45) is 47.1. The fourth-order valence-electron chi connectivity index (χ4n) is 6.12. The first-order valence-corrected chi connectivity index (χ1v) is 19.0. The van der Waals surface area contributed by atoms with Crippen molar-refractivity contribution >= 4 is 0 Å². The summed E-state index contributed by atoms with van der Waals surface area (Å²) in [5.74, 6) is 0. The van der Waals surface area contributed by atoms with E-state index in [1.165, 1.54) is 154 Å². The van der Waals surface area contributed by atoms with Crippen LogP contribution in [0.5, 0.6) is 0 Å². The molecule has 248 valence electrons. The van der Waals surface area contributed by atoms with E-state index in [2.05, 4.69) is 69.6 Å². The molecule has 5 nitrogen and oxygen atoms in total. The quantitative estimate of drug-likeness (QED) is 0.0606. The molecule has 5 heteroatoms. The van der Waals surface area contributed by atoms with Crippen LogP contribution in [0.1, 0.15) is 168 Å². The lowest BCUT2D eigenvalue weighted by atomic mass is 10.1. The molecule has 2 heterocycles. The molecule has 0 aliphatic rings. The van der Waals surface area contributed by atoms with E-state index in [-0.39, 0.29) is 0 Å². The van der Waals surface area contributed by atoms with Gasteiger partial charge in [0, 0.05) is 0 Å². The van der Waals surface area contributed by atoms with Gasteiger partial charge in [0.05, 0.1) is 26.3 Å². The lowest BCUT2D eigenvalue weighted by Crippen LogP contribution is -2.31. The van der Waals surface area contributed by atoms with Crippen molar-refractivity contribution in [2.75, 3.05) is 13.2 Å². The Kier molecular flexibility index (Phi) is 24.4. The first-order chi connectivity index (χ1) is 21.3. The number of unbranched alkanes of at least 4 members (excludes halogenated alkanes) is 22. The fourth-order valence-corrected chi connectivity index (χ4v) is 6.12. The minimum atomic E-state index is 0.771. The average molecular weight is 601 g/mol. The van der Waals surface area contributed by atoms with Gasteiger partial charge in [-0.25, -0.2) is 18.3 Å². The van der Waals surface area contributed by atoms with Crippen molar-refractivity contribution in [3.8, 4) is 0 Å². The monoisotopic (exact) mass is 601 g/mol. The van der Waals surface area contributed by atoms with Crippen LogP contribution in [0.4, 0.5) is 0 Å². The van der Waals surface area contributed by atoms with E-state index in [9.17, 15) is 0 Å². The van der Waals surface area contributed by atoms with Crippen LogP contribution in [-0.4, -0.2) is 22.3 Å². The predicted molar refractivity (Wildman–Crippen MR) is 182 cm³/mol. The number of imidazole rings is 2. The van der Waals surface area contributed by atoms with E-state index in [1.807, 2.05) is 0 Å². The summed E-state index contributed by atoms with van der Waals surface area (Å²) in [7, 11) is 0. The zero-order chi connectivity index (χ0) is 30.5. The summed E-state index contributed by atoms with van der Waals surface area (Å²) in [6.45, 7) is 10.3. The second-order valence-electron chi connectivity index (χ2n) is 13.2. The van der Waals surface area contributed by atoms with Crippen molar-refractivity contribution in [2.24, 2.45) is 0 Å². The Morgan fingerprint density at radius 2 is 0.721 bits per heavy atom. The molecule has 0 unspecified atom stereocenters. The Bertz CT molecular complexity index is 776. The Morgan fingerprint density at radius 1 is 0.419 bits per heavy atom. The van der Waals surface area contributed by atoms with Gasteiger partial charge in [0.1, 0.15) is 37.9 Å². The molecular weight excluding hydrogens is 528 g/mol. The van der Waals surface area contributed by atoms with Crippen molar-refractivity contribution in [3.05, 3.63) is 37.4 Å². The highest BCUT2D eigenvalue weighted by Crippen LogP contribution is 2.13. The number of rotatable bonds is 32. The molecule has 2 aromatic rings. The minimum Gasteiger partial charge on any atom is -0.373 e. The van der Waals surface area contributed by atoms with E-state index in [4.69, 9.17) is 4.74 Å². The zero-order valence-electron chi connectivity index (χ0n) is 28.9. The molecule has 0 spiro atoms. The molecule has 0 radical (unpaired) electrons. The number of hydrogen-bond acceptors (Lipinski definition) is 1. The van der Waals surface area contributed by atoms with Gasteiger partial charge < -0.3 is 4.74 Å². The molecule has 2 rings (SSSR count). The molecule has 0 amide bonds. The van der Waals surface area contributed by atoms with E-state index in [0.717, 1.165) is 39.4 Å². The third kappa shape index (κ3) is 21.7. The predicted octanol–water partition coefficient (Wildman–Crippen LogP) is 9.98. The summed E-state index contributed by atoms with van der Waals surface area (Å²) in [5.41, 5.74) is 0. The van der Waals surface area contributed by atoms with Crippen molar-refractivity contribution < 1.29 is 13.9 Å². The molecule has 0 saturated heterocycles. The molecule has 0 aliphatic heterocycles. The zero-order valence-corrected chi connectivity index (χ0v) is 28.9. The molecular formula is C38H72N4O+2. The molecule has 0 fully saturated rings. The van der Waals surface area contributed by atoms with Crippen molar-refractivity contribution in [3.63, 3.8) is 0 Å². The molecule has 43 heavy (non-hydrogen) atoms. The molecule has 0 atom stereocenters. The molecule has 0 bridgehead atoms. The van der Waals surface area contributed by atoms with Gasteiger partial charge in [-0.05, 0) is 25.7 Å². The van der Waals surface area contributed by atoms with Crippen LogP contribution in [0.2, 0.25) is 0 Å². The van der Waals surface area contributed by atoms with Crippen LogP contribution in [0.25, 0.3) is 0 Å². The van der Waals surface area contributed by atoms with Crippen LogP contribution in [0.15, 0.2) is 37.4 Å². The van der Waals surface area contributed by atoms with Gasteiger partial charge in [-0.2, -0.15) is 0 Å². The Balaban J connectivity index is 1.37. The summed E-state index contributed by atoms with van der Waals surface area (Å²) < 4.78 is 15.2. The molecule has 0 aliphatic carbocycles. The van der Waals surface area contributed by atoms with Gasteiger partial charge in [-0.3, -0.25) is 0 Å². The molecule has 0 saturated carbocycles. The summed E-state index contributed by atoms with van der Waals surface area (Å²) in [6, 6.07) is 0. The highest BCUT2D eigenvalue weighted by atomic mass is 16.5. The van der Waals surface area contributed by atoms with Crippen molar-refractivity contribution in [1.82, 2.24) is 9.13 Å². The van der Waals surface area contributed by atoms with Crippen LogP contribution in [-0.2, 0) is 30.9 Å². The lowest BCUT2D eigenvalue weighted by Gasteiger charge is -2.02. The Morgan fingerprint density at radius 3 is 1.05 bits per heavy atom. The normalized spacial score (nSPS) is 11.6. The van der Waals surface area contributed by atoms with E-state index < -0.39 is 0 Å². The largest absolute Gasteiger partial charge is 0.373 e. The molecule has 2 aromatic heterocycles. The van der Waals surface area contributed by atoms with Gasteiger partial charge in [0.25, 0.3) is 0 Å². The third-order valence-electron chi connectivity index (χ3n) is 9.02. The summed E-state index contributed by atoms with van der Waals surface area (Å²) >= 11 is 0. The first kappa shape index (κ1) is 37.6. The van der Waals surface area contributed by atoms with Crippen molar-refractivity contribution in [2.45, 2.75) is 194 Å². The maximum atomic E-state index is 5.96. The van der Waals surface area contributed by atoms with Crippen LogP contribution in [0, 0.1) is 0 Å². The van der Waals surface area contributed by atoms with Crippen molar-refractivity contribution in [1.29, 1.82) is 0 Å². The first-order valence-electron chi connectivity index (χ1n) is 19.0. The average Bonchev–Trinajstić information content (AvgIpc) is 3.67. The number of aryl methyl sites for hydroxylation is 2. The summed E-state index contributed by atoms with van der Waals surface area (Å²) in [4.78, 5) is 0. The smallest absolute Gasteiger partial charge is 0.243 e. The number of ether oxygens (including phenoxy) is 1. The Labute approximate surface area is 267 Å². The number of aromatic nitrogens is 4. The fraction of sp³-hybridized carbons (Fsp3) is 0.842. The van der Waals surface area contributed by atoms with Gasteiger partial charge in [-0.1, -0.05) is 142 Å². The second-order valence-corrected chi connectivity index (χ2v) is 13.2. The van der Waals surface area contributed by atoms with E-state index >= 15 is 0 Å². The maximum Gasteiger partial charge on any atom is 0.243 e. The van der Waals surface area contributed by atoms with Gasteiger partial charge >= 0.3 is 0 Å². The minimum absolute atomic E-state index is 0.771. The van der Waals surface area contributed by atoms with Gasteiger partial charge in [0.15, 0.2) is 0 Å². The SMILES string of the molecule is CCCCCCCCCCCCCC[n+]1ccn(CCOCCn2cc[n+](CCCCCCCCCCCCCC)c2)c1. The number of hydrogen-bond donors (Lipinski definition) is 0. The summed E-state index contributed by atoms with van der Waals surface area (Å²) in [5, 5.41) is 0. The third-order valence-corrected chi connectivity index (χ3v) is 9.02.